The van der Waals surface area contributed by atoms with Crippen LogP contribution >= 0.6 is 11.8 Å². The number of carbonyl (C=O) groups is 2. The number of nitrogens with zero attached hydrogens (tertiary/aromatic N) is 1. The van der Waals surface area contributed by atoms with Gasteiger partial charge >= 0.3 is 5.97 Å². The molecule has 3 aromatic rings. The average Bonchev–Trinajstić information content (AvgIpc) is 2.92. The van der Waals surface area contributed by atoms with Gasteiger partial charge in [0.15, 0.2) is 0 Å². The van der Waals surface area contributed by atoms with E-state index in [4.69, 9.17) is 0 Å². The zero-order valence-corrected chi connectivity index (χ0v) is 25.0. The van der Waals surface area contributed by atoms with Crippen molar-refractivity contribution in [3.63, 3.8) is 0 Å². The molecule has 0 spiro atoms. The molecule has 4 rings (SSSR count). The molecule has 6 heteroatoms. The van der Waals surface area contributed by atoms with Crippen molar-refractivity contribution >= 4 is 23.6 Å². The number of nitrogens with one attached hydrogen (secondary N) is 1. The van der Waals surface area contributed by atoms with Crippen LogP contribution < -0.4 is 5.32 Å². The Labute approximate surface area is 243 Å². The van der Waals surface area contributed by atoms with E-state index < -0.39 is 12.0 Å². The summed E-state index contributed by atoms with van der Waals surface area (Å²) < 4.78 is 0. The maximum atomic E-state index is 13.5. The molecule has 1 aliphatic carbocycles. The largest absolute Gasteiger partial charge is 0.480 e. The first kappa shape index (κ1) is 29.9. The van der Waals surface area contributed by atoms with Gasteiger partial charge in [-0.3, -0.25) is 9.69 Å². The minimum absolute atomic E-state index is 0.125. The predicted octanol–water partition coefficient (Wildman–Crippen LogP) is 6.97. The lowest BCUT2D eigenvalue weighted by molar-refractivity contribution is -0.139. The van der Waals surface area contributed by atoms with Crippen LogP contribution in [0.25, 0.3) is 11.1 Å². The van der Waals surface area contributed by atoms with E-state index in [0.29, 0.717) is 23.8 Å². The second-order valence-electron chi connectivity index (χ2n) is 11.3. The summed E-state index contributed by atoms with van der Waals surface area (Å²) in [4.78, 5) is 28.0. The number of carboxylic acid groups (broad SMARTS) is 1. The number of carboxylic acids is 1. The van der Waals surface area contributed by atoms with Crippen LogP contribution in [-0.2, 0) is 17.8 Å². The molecule has 1 fully saturated rings. The summed E-state index contributed by atoms with van der Waals surface area (Å²) in [6.45, 7) is 7.38. The lowest BCUT2D eigenvalue weighted by Crippen LogP contribution is -2.57. The first-order valence-corrected chi connectivity index (χ1v) is 15.7. The van der Waals surface area contributed by atoms with Crippen LogP contribution in [0, 0.1) is 6.92 Å². The smallest absolute Gasteiger partial charge is 0.326 e. The molecule has 1 atom stereocenters. The number of amides is 1. The van der Waals surface area contributed by atoms with Crippen LogP contribution in [0.5, 0.6) is 0 Å². The molecule has 1 amide bonds. The Morgan fingerprint density at radius 1 is 0.975 bits per heavy atom. The number of hydrogen-bond donors (Lipinski definition) is 2. The fraction of sp³-hybridized carbons (Fsp3) is 0.412. The average molecular weight is 559 g/mol. The first-order chi connectivity index (χ1) is 19.2. The molecule has 0 bridgehead atoms. The number of hydrogen-bond acceptors (Lipinski definition) is 4. The van der Waals surface area contributed by atoms with Gasteiger partial charge in [-0.1, -0.05) is 60.7 Å². The Hall–Kier alpha value is -3.09. The molecule has 0 radical (unpaired) electrons. The van der Waals surface area contributed by atoms with Gasteiger partial charge in [-0.2, -0.15) is 11.8 Å². The van der Waals surface area contributed by atoms with Gasteiger partial charge in [-0.25, -0.2) is 4.79 Å². The summed E-state index contributed by atoms with van der Waals surface area (Å²) in [5.74, 6) is -0.692. The van der Waals surface area contributed by atoms with Crippen LogP contribution in [0.2, 0.25) is 0 Å². The third-order valence-corrected chi connectivity index (χ3v) is 8.87. The van der Waals surface area contributed by atoms with Crippen LogP contribution in [0.1, 0.15) is 66.6 Å². The number of rotatable bonds is 13. The molecule has 1 aliphatic rings. The molecule has 1 saturated carbocycles. The fourth-order valence-corrected chi connectivity index (χ4v) is 6.41. The SMILES string of the molecule is CSCC[C@H](NC(=O)c1ccc(CN(C(C)C)C2(Cc3ccccc3)CCC2)cc1-c1ccccc1C)C(=O)O. The highest BCUT2D eigenvalue weighted by atomic mass is 32.2. The summed E-state index contributed by atoms with van der Waals surface area (Å²) in [6, 6.07) is 24.3. The molecule has 0 unspecified atom stereocenters. The zero-order chi connectivity index (χ0) is 28.7. The van der Waals surface area contributed by atoms with Gasteiger partial charge in [0.2, 0.25) is 0 Å². The predicted molar refractivity (Wildman–Crippen MR) is 166 cm³/mol. The van der Waals surface area contributed by atoms with Crippen molar-refractivity contribution in [2.75, 3.05) is 12.0 Å². The Kier molecular flexibility index (Phi) is 10.1. The van der Waals surface area contributed by atoms with Crippen molar-refractivity contribution in [1.29, 1.82) is 0 Å². The molecule has 0 aliphatic heterocycles. The Morgan fingerprint density at radius 2 is 1.68 bits per heavy atom. The summed E-state index contributed by atoms with van der Waals surface area (Å²) in [5, 5.41) is 12.5. The van der Waals surface area contributed by atoms with Crippen LogP contribution in [-0.4, -0.2) is 51.5 Å². The van der Waals surface area contributed by atoms with Crippen molar-refractivity contribution in [3.8, 4) is 11.1 Å². The molecule has 212 valence electrons. The quantitative estimate of drug-likeness (QED) is 0.237. The Bertz CT molecular complexity index is 1300. The molecule has 5 nitrogen and oxygen atoms in total. The van der Waals surface area contributed by atoms with E-state index in [1.165, 1.54) is 24.8 Å². The van der Waals surface area contributed by atoms with Crippen molar-refractivity contribution < 1.29 is 14.7 Å². The van der Waals surface area contributed by atoms with Gasteiger partial charge in [-0.05, 0) is 105 Å². The standard InChI is InChI=1S/C34H42N2O3S/c1-24(2)36(34(18-10-19-34)22-26-12-6-5-7-13-26)23-27-15-16-29(30(21-27)28-14-9-8-11-25(28)3)32(37)35-31(33(38)39)17-20-40-4/h5-9,11-16,21,24,31H,10,17-20,22-23H2,1-4H3,(H,35,37)(H,38,39)/t31-/m0/s1. The van der Waals surface area contributed by atoms with Gasteiger partial charge in [0.25, 0.3) is 5.91 Å². The minimum atomic E-state index is -1.01. The maximum absolute atomic E-state index is 13.5. The number of aliphatic carboxylic acids is 1. The molecule has 40 heavy (non-hydrogen) atoms. The van der Waals surface area contributed by atoms with E-state index in [9.17, 15) is 14.7 Å². The van der Waals surface area contributed by atoms with Gasteiger partial charge in [0, 0.05) is 23.7 Å². The number of benzene rings is 3. The third kappa shape index (κ3) is 6.97. The van der Waals surface area contributed by atoms with Crippen LogP contribution in [0.4, 0.5) is 0 Å². The Morgan fingerprint density at radius 3 is 2.27 bits per heavy atom. The van der Waals surface area contributed by atoms with E-state index in [-0.39, 0.29) is 11.4 Å². The molecule has 3 aromatic carbocycles. The normalized spacial score (nSPS) is 15.1. The second-order valence-corrected chi connectivity index (χ2v) is 12.3. The van der Waals surface area contributed by atoms with E-state index in [2.05, 4.69) is 60.5 Å². The number of thioether (sulfide) groups is 1. The highest BCUT2D eigenvalue weighted by molar-refractivity contribution is 7.98. The fourth-order valence-electron chi connectivity index (χ4n) is 5.94. The highest BCUT2D eigenvalue weighted by Crippen LogP contribution is 2.43. The maximum Gasteiger partial charge on any atom is 0.326 e. The van der Waals surface area contributed by atoms with E-state index in [1.54, 1.807) is 11.8 Å². The van der Waals surface area contributed by atoms with Crippen LogP contribution in [0.3, 0.4) is 0 Å². The monoisotopic (exact) mass is 558 g/mol. The molecular weight excluding hydrogens is 516 g/mol. The van der Waals surface area contributed by atoms with Crippen molar-refractivity contribution in [2.45, 2.75) is 77.0 Å². The Balaban J connectivity index is 1.68. The van der Waals surface area contributed by atoms with E-state index >= 15 is 0 Å². The zero-order valence-electron chi connectivity index (χ0n) is 24.2. The van der Waals surface area contributed by atoms with Gasteiger partial charge in [-0.15, -0.1) is 0 Å². The lowest BCUT2D eigenvalue weighted by Gasteiger charge is -2.53. The number of aryl methyl sites for hydroxylation is 1. The highest BCUT2D eigenvalue weighted by Gasteiger charge is 2.43. The summed E-state index contributed by atoms with van der Waals surface area (Å²) in [7, 11) is 0. The van der Waals surface area contributed by atoms with Crippen molar-refractivity contribution in [1.82, 2.24) is 10.2 Å². The topological polar surface area (TPSA) is 69.6 Å². The lowest BCUT2D eigenvalue weighted by atomic mass is 9.70. The third-order valence-electron chi connectivity index (χ3n) is 8.22. The van der Waals surface area contributed by atoms with Crippen molar-refractivity contribution in [2.24, 2.45) is 0 Å². The summed E-state index contributed by atoms with van der Waals surface area (Å²) in [6.07, 6.45) is 6.95. The van der Waals surface area contributed by atoms with Gasteiger partial charge < -0.3 is 10.4 Å². The molecule has 2 N–H and O–H groups in total. The summed E-state index contributed by atoms with van der Waals surface area (Å²) in [5.41, 5.74) is 6.06. The second kappa shape index (κ2) is 13.5. The van der Waals surface area contributed by atoms with E-state index in [0.717, 1.165) is 35.2 Å². The molecule has 0 saturated heterocycles. The first-order valence-electron chi connectivity index (χ1n) is 14.3. The van der Waals surface area contributed by atoms with E-state index in [1.807, 2.05) is 49.6 Å². The minimum Gasteiger partial charge on any atom is -0.480 e. The molecular formula is C34H42N2O3S. The summed E-state index contributed by atoms with van der Waals surface area (Å²) >= 11 is 1.57. The molecule has 0 heterocycles. The molecule has 0 aromatic heterocycles. The van der Waals surface area contributed by atoms with Gasteiger partial charge in [0.1, 0.15) is 6.04 Å². The van der Waals surface area contributed by atoms with Crippen LogP contribution in [0.15, 0.2) is 72.8 Å². The van der Waals surface area contributed by atoms with Gasteiger partial charge in [0.05, 0.1) is 0 Å². The van der Waals surface area contributed by atoms with Crippen molar-refractivity contribution in [3.05, 3.63) is 95.1 Å². The number of carbonyl (C=O) groups excluding carboxylic acids is 1.